The lowest BCUT2D eigenvalue weighted by atomic mass is 10.0. The smallest absolute Gasteiger partial charge is 0.255 e. The Morgan fingerprint density at radius 3 is 2.24 bits per heavy atom. The van der Waals surface area contributed by atoms with E-state index >= 15 is 0 Å². The van der Waals surface area contributed by atoms with E-state index in [0.717, 1.165) is 77.9 Å². The summed E-state index contributed by atoms with van der Waals surface area (Å²) in [5.74, 6) is 0.118. The van der Waals surface area contributed by atoms with Gasteiger partial charge in [0.2, 0.25) is 5.91 Å². The van der Waals surface area contributed by atoms with E-state index in [1.54, 1.807) is 0 Å². The zero-order valence-corrected chi connectivity index (χ0v) is 20.5. The van der Waals surface area contributed by atoms with Gasteiger partial charge in [-0.1, -0.05) is 18.2 Å². The fourth-order valence-corrected chi connectivity index (χ4v) is 4.92. The lowest BCUT2D eigenvalue weighted by Gasteiger charge is -2.31. The van der Waals surface area contributed by atoms with Gasteiger partial charge in [-0.15, -0.1) is 0 Å². The molecule has 0 atom stereocenters. The van der Waals surface area contributed by atoms with Crippen molar-refractivity contribution in [2.24, 2.45) is 5.92 Å². The number of carbonyl (C=O) groups excluding carboxylic acids is 2. The van der Waals surface area contributed by atoms with E-state index in [1.165, 1.54) is 0 Å². The molecule has 2 aliphatic rings. The summed E-state index contributed by atoms with van der Waals surface area (Å²) in [5, 5.41) is 16.8. The first-order valence-corrected chi connectivity index (χ1v) is 12.9. The molecule has 2 heterocycles. The summed E-state index contributed by atoms with van der Waals surface area (Å²) in [6, 6.07) is 21.4. The molecule has 1 aliphatic heterocycles. The number of nitrogens with zero attached hydrogens (tertiary/aromatic N) is 1. The summed E-state index contributed by atoms with van der Waals surface area (Å²) < 4.78 is 0. The average Bonchev–Trinajstić information content (AvgIpc) is 3.70. The Hall–Kier alpha value is -4.10. The number of fused-ring (bicyclic) bond motifs is 1. The number of hydrogen-bond acceptors (Lipinski definition) is 4. The predicted molar refractivity (Wildman–Crippen MR) is 147 cm³/mol. The van der Waals surface area contributed by atoms with Crippen molar-refractivity contribution in [2.75, 3.05) is 28.6 Å². The lowest BCUT2D eigenvalue weighted by Crippen LogP contribution is -2.35. The van der Waals surface area contributed by atoms with Crippen LogP contribution in [0, 0.1) is 5.92 Å². The summed E-state index contributed by atoms with van der Waals surface area (Å²) in [7, 11) is 0. The van der Waals surface area contributed by atoms with Crippen molar-refractivity contribution in [3.63, 3.8) is 0 Å². The van der Waals surface area contributed by atoms with Gasteiger partial charge in [0.05, 0.1) is 6.10 Å². The maximum atomic E-state index is 12.8. The summed E-state index contributed by atoms with van der Waals surface area (Å²) in [6.07, 6.45) is 5.27. The largest absolute Gasteiger partial charge is 0.393 e. The number of nitrogens with one attached hydrogen (secondary N) is 3. The molecule has 6 rings (SSSR count). The number of rotatable bonds is 6. The molecule has 7 nitrogen and oxygen atoms in total. The normalized spacial score (nSPS) is 16.1. The molecule has 3 aromatic carbocycles. The van der Waals surface area contributed by atoms with Gasteiger partial charge < -0.3 is 25.6 Å². The first-order valence-electron chi connectivity index (χ1n) is 12.9. The van der Waals surface area contributed by atoms with Crippen molar-refractivity contribution in [1.29, 1.82) is 0 Å². The van der Waals surface area contributed by atoms with Gasteiger partial charge >= 0.3 is 0 Å². The zero-order valence-electron chi connectivity index (χ0n) is 20.5. The van der Waals surface area contributed by atoms with Gasteiger partial charge in [-0.25, -0.2) is 0 Å². The third-order valence-corrected chi connectivity index (χ3v) is 7.31. The highest BCUT2D eigenvalue weighted by molar-refractivity contribution is 6.05. The molecule has 0 radical (unpaired) electrons. The van der Waals surface area contributed by atoms with Crippen LogP contribution in [0.15, 0.2) is 72.9 Å². The molecule has 0 spiro atoms. The number of aliphatic hydroxyl groups excluding tert-OH is 1. The van der Waals surface area contributed by atoms with Crippen LogP contribution in [0.5, 0.6) is 0 Å². The number of benzene rings is 3. The van der Waals surface area contributed by atoms with Crippen molar-refractivity contribution in [2.45, 2.75) is 31.8 Å². The molecule has 7 heteroatoms. The number of aromatic nitrogens is 1. The Morgan fingerprint density at radius 1 is 0.838 bits per heavy atom. The Kier molecular flexibility index (Phi) is 6.14. The highest BCUT2D eigenvalue weighted by Gasteiger charge is 2.29. The fourth-order valence-electron chi connectivity index (χ4n) is 4.92. The molecule has 2 fully saturated rings. The van der Waals surface area contributed by atoms with Gasteiger partial charge in [-0.3, -0.25) is 9.59 Å². The monoisotopic (exact) mass is 494 g/mol. The molecule has 1 saturated heterocycles. The van der Waals surface area contributed by atoms with Crippen LogP contribution in [-0.2, 0) is 4.79 Å². The topological polar surface area (TPSA) is 97.5 Å². The van der Waals surface area contributed by atoms with Gasteiger partial charge in [-0.05, 0) is 79.8 Å². The molecular formula is C30H30N4O3. The van der Waals surface area contributed by atoms with Crippen LogP contribution in [0.25, 0.3) is 22.0 Å². The predicted octanol–water partition coefficient (Wildman–Crippen LogP) is 5.40. The second kappa shape index (κ2) is 9.75. The second-order valence-corrected chi connectivity index (χ2v) is 10.0. The van der Waals surface area contributed by atoms with Crippen LogP contribution in [-0.4, -0.2) is 41.1 Å². The summed E-state index contributed by atoms with van der Waals surface area (Å²) in [4.78, 5) is 30.4. The van der Waals surface area contributed by atoms with E-state index in [2.05, 4.69) is 20.5 Å². The van der Waals surface area contributed by atoms with Crippen LogP contribution in [0.1, 0.15) is 36.0 Å². The Balaban J connectivity index is 1.11. The number of piperidine rings is 1. The molecule has 188 valence electrons. The van der Waals surface area contributed by atoms with Crippen LogP contribution in [0.4, 0.5) is 17.1 Å². The van der Waals surface area contributed by atoms with Gasteiger partial charge in [0.1, 0.15) is 0 Å². The molecule has 4 N–H and O–H groups in total. The number of hydrogen-bond donors (Lipinski definition) is 4. The van der Waals surface area contributed by atoms with E-state index in [9.17, 15) is 14.7 Å². The quantitative estimate of drug-likeness (QED) is 0.289. The molecule has 1 saturated carbocycles. The van der Waals surface area contributed by atoms with Crippen molar-refractivity contribution in [3.8, 4) is 11.1 Å². The second-order valence-electron chi connectivity index (χ2n) is 10.0. The summed E-state index contributed by atoms with van der Waals surface area (Å²) in [6.45, 7) is 1.65. The molecule has 1 aliphatic carbocycles. The number of anilines is 3. The van der Waals surface area contributed by atoms with E-state index < -0.39 is 0 Å². The Labute approximate surface area is 215 Å². The Morgan fingerprint density at radius 2 is 1.54 bits per heavy atom. The van der Waals surface area contributed by atoms with Crippen molar-refractivity contribution < 1.29 is 14.7 Å². The number of aliphatic hydroxyl groups is 1. The molecule has 37 heavy (non-hydrogen) atoms. The van der Waals surface area contributed by atoms with Gasteiger partial charge in [0.25, 0.3) is 5.91 Å². The van der Waals surface area contributed by atoms with Crippen molar-refractivity contribution in [1.82, 2.24) is 4.98 Å². The molecule has 0 bridgehead atoms. The molecular weight excluding hydrogens is 464 g/mol. The third kappa shape index (κ3) is 5.08. The average molecular weight is 495 g/mol. The lowest BCUT2D eigenvalue weighted by molar-refractivity contribution is -0.117. The summed E-state index contributed by atoms with van der Waals surface area (Å²) >= 11 is 0. The van der Waals surface area contributed by atoms with E-state index in [1.807, 2.05) is 72.9 Å². The zero-order chi connectivity index (χ0) is 25.4. The summed E-state index contributed by atoms with van der Waals surface area (Å²) in [5.41, 5.74) is 6.27. The highest BCUT2D eigenvalue weighted by atomic mass is 16.3. The molecule has 4 aromatic rings. The van der Waals surface area contributed by atoms with Crippen LogP contribution in [0.3, 0.4) is 0 Å². The first-order chi connectivity index (χ1) is 18.0. The van der Waals surface area contributed by atoms with Crippen LogP contribution < -0.4 is 15.5 Å². The van der Waals surface area contributed by atoms with Crippen molar-refractivity contribution in [3.05, 3.63) is 78.5 Å². The molecule has 1 aromatic heterocycles. The van der Waals surface area contributed by atoms with E-state index in [-0.39, 0.29) is 23.8 Å². The van der Waals surface area contributed by atoms with Crippen LogP contribution >= 0.6 is 0 Å². The minimum atomic E-state index is -0.206. The Bertz CT molecular complexity index is 1430. The van der Waals surface area contributed by atoms with E-state index in [0.29, 0.717) is 5.56 Å². The van der Waals surface area contributed by atoms with Crippen molar-refractivity contribution >= 4 is 39.8 Å². The standard InChI is InChI=1S/C30H30N4O3/c35-25-13-15-34(16-14-25)24-10-5-21(6-11-24)29(36)32-22-7-3-19(4-8-22)27-18-31-28-17-23(9-12-26(27)28)33-30(37)20-1-2-20/h3-12,17-18,20,25,31,35H,1-2,13-16H2,(H,32,36)(H,33,37). The minimum Gasteiger partial charge on any atom is -0.393 e. The maximum Gasteiger partial charge on any atom is 0.255 e. The third-order valence-electron chi connectivity index (χ3n) is 7.31. The number of amides is 2. The number of aromatic amines is 1. The van der Waals surface area contributed by atoms with Gasteiger partial charge in [0.15, 0.2) is 0 Å². The van der Waals surface area contributed by atoms with Crippen LogP contribution in [0.2, 0.25) is 0 Å². The first kappa shape index (κ1) is 23.3. The number of H-pyrrole nitrogens is 1. The van der Waals surface area contributed by atoms with Gasteiger partial charge in [0, 0.05) is 64.3 Å². The molecule has 0 unspecified atom stereocenters. The number of carbonyl (C=O) groups is 2. The van der Waals surface area contributed by atoms with E-state index in [4.69, 9.17) is 0 Å². The maximum absolute atomic E-state index is 12.8. The fraction of sp³-hybridized carbons (Fsp3) is 0.267. The minimum absolute atomic E-state index is 0.0995. The molecule has 2 amide bonds. The SMILES string of the molecule is O=C(Nc1ccc(-c2c[nH]c3cc(NC(=O)C4CC4)ccc23)cc1)c1ccc(N2CCC(O)CC2)cc1. The van der Waals surface area contributed by atoms with Gasteiger partial charge in [-0.2, -0.15) is 0 Å². The highest BCUT2D eigenvalue weighted by Crippen LogP contribution is 2.33.